The molecule has 2 N–H and O–H groups in total. The highest BCUT2D eigenvalue weighted by Gasteiger charge is 2.09. The van der Waals surface area contributed by atoms with Crippen LogP contribution in [0.1, 0.15) is 23.0 Å². The van der Waals surface area contributed by atoms with Gasteiger partial charge >= 0.3 is 0 Å². The molecule has 0 bridgehead atoms. The van der Waals surface area contributed by atoms with E-state index < -0.39 is 0 Å². The van der Waals surface area contributed by atoms with Crippen LogP contribution in [0.4, 0.5) is 11.4 Å². The molecule has 5 nitrogen and oxygen atoms in total. The largest absolute Gasteiger partial charge is 0.492 e. The Kier molecular flexibility index (Phi) is 6.28. The topological polar surface area (TPSA) is 63.2 Å². The number of halogens is 1. The molecule has 138 valence electrons. The number of pyridine rings is 1. The Morgan fingerprint density at radius 2 is 1.85 bits per heavy atom. The number of anilines is 2. The van der Waals surface area contributed by atoms with Crippen LogP contribution in [-0.4, -0.2) is 17.5 Å². The highest BCUT2D eigenvalue weighted by Crippen LogP contribution is 2.27. The second-order valence-electron chi connectivity index (χ2n) is 5.76. The van der Waals surface area contributed by atoms with Crippen LogP contribution in [0, 0.1) is 0 Å². The van der Waals surface area contributed by atoms with Crippen LogP contribution in [0.5, 0.6) is 5.75 Å². The molecule has 3 aromatic rings. The minimum absolute atomic E-state index is 0.254. The summed E-state index contributed by atoms with van der Waals surface area (Å²) in [6, 6.07) is 18.5. The Bertz CT molecular complexity index is 913. The third-order valence-electron chi connectivity index (χ3n) is 3.86. The van der Waals surface area contributed by atoms with E-state index in [1.54, 1.807) is 24.4 Å². The van der Waals surface area contributed by atoms with Gasteiger partial charge in [-0.05, 0) is 42.8 Å². The second-order valence-corrected chi connectivity index (χ2v) is 6.17. The number of amides is 1. The zero-order valence-electron chi connectivity index (χ0n) is 14.9. The van der Waals surface area contributed by atoms with E-state index >= 15 is 0 Å². The molecule has 0 atom stereocenters. The number of nitrogens with zero attached hydrogens (tertiary/aromatic N) is 1. The van der Waals surface area contributed by atoms with Gasteiger partial charge in [0.1, 0.15) is 11.4 Å². The average molecular weight is 382 g/mol. The Hall–Kier alpha value is -3.05. The van der Waals surface area contributed by atoms with E-state index in [9.17, 15) is 4.79 Å². The van der Waals surface area contributed by atoms with Crippen molar-refractivity contribution in [3.05, 3.63) is 83.1 Å². The van der Waals surface area contributed by atoms with E-state index in [4.69, 9.17) is 16.3 Å². The monoisotopic (exact) mass is 381 g/mol. The van der Waals surface area contributed by atoms with E-state index in [2.05, 4.69) is 15.6 Å². The predicted molar refractivity (Wildman–Crippen MR) is 108 cm³/mol. The molecule has 0 unspecified atom stereocenters. The molecule has 0 saturated heterocycles. The lowest BCUT2D eigenvalue weighted by Gasteiger charge is -2.12. The number of carbonyl (C=O) groups excluding carboxylic acids is 1. The summed E-state index contributed by atoms with van der Waals surface area (Å²) in [6.07, 6.45) is 1.62. The van der Waals surface area contributed by atoms with Gasteiger partial charge in [-0.2, -0.15) is 0 Å². The van der Waals surface area contributed by atoms with E-state index in [0.29, 0.717) is 23.9 Å². The van der Waals surface area contributed by atoms with Gasteiger partial charge in [0.15, 0.2) is 0 Å². The van der Waals surface area contributed by atoms with Crippen LogP contribution < -0.4 is 15.4 Å². The minimum Gasteiger partial charge on any atom is -0.492 e. The van der Waals surface area contributed by atoms with Crippen LogP contribution in [0.25, 0.3) is 0 Å². The highest BCUT2D eigenvalue weighted by atomic mass is 35.5. The standard InChI is InChI=1S/C21H20ClN3O2/c1-2-27-20-10-6-5-9-18(20)25-16-11-12-19(23-14-16)21(26)24-13-15-7-3-4-8-17(15)22/h3-12,14,25H,2,13H2,1H3,(H,24,26). The molecule has 0 radical (unpaired) electrons. The fraction of sp³-hybridized carbons (Fsp3) is 0.143. The Labute approximate surface area is 163 Å². The molecule has 1 aromatic heterocycles. The number of rotatable bonds is 7. The second kappa shape index (κ2) is 9.05. The Morgan fingerprint density at radius 1 is 1.07 bits per heavy atom. The van der Waals surface area contributed by atoms with Crippen molar-refractivity contribution in [2.24, 2.45) is 0 Å². The predicted octanol–water partition coefficient (Wildman–Crippen LogP) is 4.81. The van der Waals surface area contributed by atoms with E-state index in [1.807, 2.05) is 49.4 Å². The summed E-state index contributed by atoms with van der Waals surface area (Å²) in [5.74, 6) is 0.512. The molecule has 0 aliphatic rings. The molecule has 0 aliphatic heterocycles. The SMILES string of the molecule is CCOc1ccccc1Nc1ccc(C(=O)NCc2ccccc2Cl)nc1. The molecule has 2 aromatic carbocycles. The molecule has 0 saturated carbocycles. The van der Waals surface area contributed by atoms with Gasteiger partial charge in [0, 0.05) is 11.6 Å². The lowest BCUT2D eigenvalue weighted by molar-refractivity contribution is 0.0946. The highest BCUT2D eigenvalue weighted by molar-refractivity contribution is 6.31. The van der Waals surface area contributed by atoms with Gasteiger partial charge in [-0.1, -0.05) is 41.9 Å². The normalized spacial score (nSPS) is 10.3. The fourth-order valence-corrected chi connectivity index (χ4v) is 2.72. The molecule has 27 heavy (non-hydrogen) atoms. The number of carbonyl (C=O) groups is 1. The molecule has 1 amide bonds. The van der Waals surface area contributed by atoms with Gasteiger partial charge in [-0.3, -0.25) is 4.79 Å². The summed E-state index contributed by atoms with van der Waals surface area (Å²) < 4.78 is 5.60. The van der Waals surface area contributed by atoms with E-state index in [1.165, 1.54) is 0 Å². The third kappa shape index (κ3) is 4.99. The van der Waals surface area contributed by atoms with Gasteiger partial charge in [-0.25, -0.2) is 4.98 Å². The molecule has 6 heteroatoms. The molecular weight excluding hydrogens is 362 g/mol. The van der Waals surface area contributed by atoms with Gasteiger partial charge < -0.3 is 15.4 Å². The molecule has 0 fully saturated rings. The zero-order valence-corrected chi connectivity index (χ0v) is 15.7. The van der Waals surface area contributed by atoms with Crippen molar-refractivity contribution >= 4 is 28.9 Å². The van der Waals surface area contributed by atoms with Gasteiger partial charge in [0.05, 0.1) is 24.2 Å². The molecule has 0 spiro atoms. The van der Waals surface area contributed by atoms with Crippen molar-refractivity contribution in [3.8, 4) is 5.75 Å². The summed E-state index contributed by atoms with van der Waals surface area (Å²) >= 11 is 6.10. The maximum Gasteiger partial charge on any atom is 0.270 e. The van der Waals surface area contributed by atoms with Crippen molar-refractivity contribution in [2.75, 3.05) is 11.9 Å². The first-order valence-corrected chi connectivity index (χ1v) is 9.01. The van der Waals surface area contributed by atoms with Crippen LogP contribution in [-0.2, 0) is 6.54 Å². The average Bonchev–Trinajstić information content (AvgIpc) is 2.69. The Balaban J connectivity index is 1.63. The van der Waals surface area contributed by atoms with Crippen molar-refractivity contribution in [1.82, 2.24) is 10.3 Å². The third-order valence-corrected chi connectivity index (χ3v) is 4.23. The van der Waals surface area contributed by atoms with E-state index in [0.717, 1.165) is 22.7 Å². The van der Waals surface area contributed by atoms with E-state index in [-0.39, 0.29) is 5.91 Å². The summed E-state index contributed by atoms with van der Waals surface area (Å²) in [6.45, 7) is 2.87. The molecule has 1 heterocycles. The number of ether oxygens (including phenoxy) is 1. The lowest BCUT2D eigenvalue weighted by atomic mass is 10.2. The molecular formula is C21H20ClN3O2. The molecule has 0 aliphatic carbocycles. The zero-order chi connectivity index (χ0) is 19.1. The Morgan fingerprint density at radius 3 is 2.59 bits per heavy atom. The van der Waals surface area contributed by atoms with Gasteiger partial charge in [0.25, 0.3) is 5.91 Å². The first-order chi connectivity index (χ1) is 13.2. The molecule has 3 rings (SSSR count). The minimum atomic E-state index is -0.254. The van der Waals surface area contributed by atoms with Crippen LogP contribution in [0.3, 0.4) is 0 Å². The quantitative estimate of drug-likeness (QED) is 0.616. The summed E-state index contributed by atoms with van der Waals surface area (Å²) in [5.41, 5.74) is 2.81. The fourth-order valence-electron chi connectivity index (χ4n) is 2.52. The first kappa shape index (κ1) is 18.7. The summed E-state index contributed by atoms with van der Waals surface area (Å²) in [5, 5.41) is 6.70. The number of benzene rings is 2. The lowest BCUT2D eigenvalue weighted by Crippen LogP contribution is -2.23. The van der Waals surface area contributed by atoms with Crippen molar-refractivity contribution in [2.45, 2.75) is 13.5 Å². The van der Waals surface area contributed by atoms with Crippen molar-refractivity contribution in [3.63, 3.8) is 0 Å². The maximum atomic E-state index is 12.3. The van der Waals surface area contributed by atoms with Crippen molar-refractivity contribution in [1.29, 1.82) is 0 Å². The van der Waals surface area contributed by atoms with Gasteiger partial charge in [-0.15, -0.1) is 0 Å². The summed E-state index contributed by atoms with van der Waals surface area (Å²) in [4.78, 5) is 16.5. The smallest absolute Gasteiger partial charge is 0.270 e. The first-order valence-electron chi connectivity index (χ1n) is 8.64. The maximum absolute atomic E-state index is 12.3. The van der Waals surface area contributed by atoms with Crippen LogP contribution >= 0.6 is 11.6 Å². The number of aromatic nitrogens is 1. The number of nitrogens with one attached hydrogen (secondary N) is 2. The van der Waals surface area contributed by atoms with Crippen molar-refractivity contribution < 1.29 is 9.53 Å². The number of para-hydroxylation sites is 2. The van der Waals surface area contributed by atoms with Crippen LogP contribution in [0.2, 0.25) is 5.02 Å². The number of hydrogen-bond donors (Lipinski definition) is 2. The van der Waals surface area contributed by atoms with Crippen LogP contribution in [0.15, 0.2) is 66.9 Å². The number of hydrogen-bond acceptors (Lipinski definition) is 4. The van der Waals surface area contributed by atoms with Gasteiger partial charge in [0.2, 0.25) is 0 Å². The summed E-state index contributed by atoms with van der Waals surface area (Å²) in [7, 11) is 0.